The molecule has 0 spiro atoms. The number of rotatable bonds is 4. The van der Waals surface area contributed by atoms with Crippen molar-refractivity contribution in [3.05, 3.63) is 94.1 Å². The Morgan fingerprint density at radius 3 is 2.39 bits per heavy atom. The van der Waals surface area contributed by atoms with Crippen LogP contribution in [0.5, 0.6) is 0 Å². The Balaban J connectivity index is 1.90. The Bertz CT molecular complexity index is 1100. The van der Waals surface area contributed by atoms with Gasteiger partial charge in [0.2, 0.25) is 0 Å². The molecule has 0 aromatic heterocycles. The highest BCUT2D eigenvalue weighted by Gasteiger charge is 2.33. The van der Waals surface area contributed by atoms with Crippen molar-refractivity contribution in [1.29, 1.82) is 0 Å². The summed E-state index contributed by atoms with van der Waals surface area (Å²) in [5.41, 5.74) is -0.0716. The van der Waals surface area contributed by atoms with E-state index in [0.29, 0.717) is 23.8 Å². The zero-order chi connectivity index (χ0) is 20.5. The van der Waals surface area contributed by atoms with Gasteiger partial charge in [-0.2, -0.15) is 13.2 Å². The maximum absolute atomic E-state index is 14.1. The summed E-state index contributed by atoms with van der Waals surface area (Å²) in [5.74, 6) is -1.36. The molecule has 0 aliphatic carbocycles. The first-order valence-corrected chi connectivity index (χ1v) is 8.46. The van der Waals surface area contributed by atoms with Crippen LogP contribution in [-0.2, 0) is 6.18 Å². The smallest absolute Gasteiger partial charge is 0.308 e. The SMILES string of the molecule is [C-]#[N+]C(CC(=O)c1ccc2cc(C)ccc2c1)c1cc(C(F)(F)F)ccc1F. The zero-order valence-corrected chi connectivity index (χ0v) is 14.8. The van der Waals surface area contributed by atoms with Crippen LogP contribution in [0.4, 0.5) is 17.6 Å². The molecular formula is C22H15F4NO. The van der Waals surface area contributed by atoms with Crippen molar-refractivity contribution in [3.8, 4) is 0 Å². The lowest BCUT2D eigenvalue weighted by Crippen LogP contribution is -2.10. The minimum absolute atomic E-state index is 0.331. The van der Waals surface area contributed by atoms with Crippen LogP contribution in [0, 0.1) is 19.3 Å². The highest BCUT2D eigenvalue weighted by atomic mass is 19.4. The number of aryl methyl sites for hydroxylation is 1. The number of carbonyl (C=O) groups is 1. The third kappa shape index (κ3) is 4.04. The molecule has 0 amide bonds. The lowest BCUT2D eigenvalue weighted by molar-refractivity contribution is -0.137. The summed E-state index contributed by atoms with van der Waals surface area (Å²) in [5, 5.41) is 1.78. The van der Waals surface area contributed by atoms with Gasteiger partial charge < -0.3 is 4.85 Å². The molecule has 0 aliphatic heterocycles. The average molecular weight is 385 g/mol. The second-order valence-corrected chi connectivity index (χ2v) is 6.57. The number of nitrogens with zero attached hydrogens (tertiary/aromatic N) is 1. The number of hydrogen-bond acceptors (Lipinski definition) is 1. The van der Waals surface area contributed by atoms with Gasteiger partial charge in [-0.1, -0.05) is 35.9 Å². The molecule has 142 valence electrons. The van der Waals surface area contributed by atoms with Gasteiger partial charge in [0.15, 0.2) is 5.78 Å². The monoisotopic (exact) mass is 385 g/mol. The zero-order valence-electron chi connectivity index (χ0n) is 14.8. The lowest BCUT2D eigenvalue weighted by Gasteiger charge is -2.11. The second-order valence-electron chi connectivity index (χ2n) is 6.57. The molecule has 0 aliphatic rings. The van der Waals surface area contributed by atoms with E-state index >= 15 is 0 Å². The van der Waals surface area contributed by atoms with E-state index < -0.39 is 41.4 Å². The minimum Gasteiger partial charge on any atom is -0.308 e. The molecule has 2 nitrogen and oxygen atoms in total. The molecule has 0 bridgehead atoms. The summed E-state index contributed by atoms with van der Waals surface area (Å²) in [7, 11) is 0. The number of carbonyl (C=O) groups excluding carboxylic acids is 1. The first-order chi connectivity index (χ1) is 13.2. The molecule has 28 heavy (non-hydrogen) atoms. The second kappa shape index (κ2) is 7.43. The maximum atomic E-state index is 14.1. The standard InChI is InChI=1S/C22H15F4NO/c1-13-3-4-15-10-16(6-5-14(15)9-13)21(28)12-20(27-2)18-11-17(22(24,25)26)7-8-19(18)23/h3-11,20H,12H2,1H3. The largest absolute Gasteiger partial charge is 0.416 e. The number of ketones is 1. The van der Waals surface area contributed by atoms with E-state index in [1.807, 2.05) is 25.1 Å². The Labute approximate surface area is 159 Å². The fraction of sp³-hybridized carbons (Fsp3) is 0.182. The molecule has 3 aromatic carbocycles. The fourth-order valence-corrected chi connectivity index (χ4v) is 3.03. The summed E-state index contributed by atoms with van der Waals surface area (Å²) < 4.78 is 52.8. The summed E-state index contributed by atoms with van der Waals surface area (Å²) in [6.07, 6.45) is -5.06. The minimum atomic E-state index is -4.66. The van der Waals surface area contributed by atoms with Gasteiger partial charge in [0.05, 0.1) is 17.5 Å². The molecule has 3 rings (SSSR count). The molecule has 6 heteroatoms. The van der Waals surface area contributed by atoms with E-state index in [9.17, 15) is 22.4 Å². The summed E-state index contributed by atoms with van der Waals surface area (Å²) in [6, 6.07) is 11.3. The fourth-order valence-electron chi connectivity index (χ4n) is 3.03. The summed E-state index contributed by atoms with van der Waals surface area (Å²) >= 11 is 0. The molecule has 0 N–H and O–H groups in total. The molecule has 0 heterocycles. The number of fused-ring (bicyclic) bond motifs is 1. The molecule has 3 aromatic rings. The van der Waals surface area contributed by atoms with Gasteiger partial charge in [-0.25, -0.2) is 11.0 Å². The van der Waals surface area contributed by atoms with Crippen molar-refractivity contribution < 1.29 is 22.4 Å². The van der Waals surface area contributed by atoms with E-state index in [2.05, 4.69) is 4.85 Å². The van der Waals surface area contributed by atoms with Crippen molar-refractivity contribution >= 4 is 16.6 Å². The van der Waals surface area contributed by atoms with Gasteiger partial charge in [-0.05, 0) is 42.0 Å². The topological polar surface area (TPSA) is 21.4 Å². The highest BCUT2D eigenvalue weighted by Crippen LogP contribution is 2.34. The van der Waals surface area contributed by atoms with Crippen LogP contribution in [0.2, 0.25) is 0 Å². The van der Waals surface area contributed by atoms with Crippen LogP contribution < -0.4 is 0 Å². The Morgan fingerprint density at radius 2 is 1.71 bits per heavy atom. The first kappa shape index (κ1) is 19.6. The summed E-state index contributed by atoms with van der Waals surface area (Å²) in [4.78, 5) is 15.8. The molecule has 1 unspecified atom stereocenters. The van der Waals surface area contributed by atoms with Gasteiger partial charge in [-0.3, -0.25) is 4.79 Å². The number of hydrogen-bond donors (Lipinski definition) is 0. The molecule has 0 radical (unpaired) electrons. The summed E-state index contributed by atoms with van der Waals surface area (Å²) in [6.45, 7) is 9.20. The van der Waals surface area contributed by atoms with Gasteiger partial charge >= 0.3 is 6.18 Å². The third-order valence-corrected chi connectivity index (χ3v) is 4.53. The lowest BCUT2D eigenvalue weighted by atomic mass is 9.95. The van der Waals surface area contributed by atoms with Crippen LogP contribution in [0.15, 0.2) is 54.6 Å². The van der Waals surface area contributed by atoms with Crippen LogP contribution in [0.3, 0.4) is 0 Å². The van der Waals surface area contributed by atoms with Gasteiger partial charge in [0.1, 0.15) is 5.82 Å². The molecular weight excluding hydrogens is 370 g/mol. The van der Waals surface area contributed by atoms with Gasteiger partial charge in [0, 0.05) is 5.56 Å². The first-order valence-electron chi connectivity index (χ1n) is 8.46. The van der Waals surface area contributed by atoms with Crippen LogP contribution in [-0.4, -0.2) is 5.78 Å². The number of Topliss-reactive ketones (excluding diaryl/α,β-unsaturated/α-hetero) is 1. The van der Waals surface area contributed by atoms with E-state index in [-0.39, 0.29) is 0 Å². The highest BCUT2D eigenvalue weighted by molar-refractivity contribution is 6.00. The van der Waals surface area contributed by atoms with Crippen molar-refractivity contribution in [1.82, 2.24) is 0 Å². The normalized spacial score (nSPS) is 12.6. The van der Waals surface area contributed by atoms with Gasteiger partial charge in [0.25, 0.3) is 6.04 Å². The Morgan fingerprint density at radius 1 is 1.04 bits per heavy atom. The number of halogens is 4. The molecule has 0 saturated carbocycles. The predicted octanol–water partition coefficient (Wildman–Crippen LogP) is 6.54. The molecule has 0 fully saturated rings. The number of alkyl halides is 3. The van der Waals surface area contributed by atoms with Crippen molar-refractivity contribution in [3.63, 3.8) is 0 Å². The van der Waals surface area contributed by atoms with E-state index in [4.69, 9.17) is 6.57 Å². The van der Waals surface area contributed by atoms with E-state index in [0.717, 1.165) is 16.3 Å². The Kier molecular flexibility index (Phi) is 5.19. The molecule has 1 atom stereocenters. The maximum Gasteiger partial charge on any atom is 0.416 e. The average Bonchev–Trinajstić information content (AvgIpc) is 2.65. The van der Waals surface area contributed by atoms with Crippen molar-refractivity contribution in [2.75, 3.05) is 0 Å². The van der Waals surface area contributed by atoms with Crippen LogP contribution in [0.25, 0.3) is 15.6 Å². The molecule has 0 saturated heterocycles. The number of benzene rings is 3. The third-order valence-electron chi connectivity index (χ3n) is 4.53. The van der Waals surface area contributed by atoms with E-state index in [1.165, 1.54) is 0 Å². The van der Waals surface area contributed by atoms with Crippen LogP contribution >= 0.6 is 0 Å². The Hall–Kier alpha value is -3.20. The van der Waals surface area contributed by atoms with E-state index in [1.54, 1.807) is 18.2 Å². The van der Waals surface area contributed by atoms with Crippen molar-refractivity contribution in [2.24, 2.45) is 0 Å². The van der Waals surface area contributed by atoms with Gasteiger partial charge in [-0.15, -0.1) is 0 Å². The van der Waals surface area contributed by atoms with Crippen molar-refractivity contribution in [2.45, 2.75) is 25.6 Å². The predicted molar refractivity (Wildman–Crippen MR) is 98.4 cm³/mol. The quantitative estimate of drug-likeness (QED) is 0.284. The van der Waals surface area contributed by atoms with Crippen LogP contribution in [0.1, 0.15) is 39.5 Å².